The van der Waals surface area contributed by atoms with Gasteiger partial charge in [-0.15, -0.1) is 0 Å². The summed E-state index contributed by atoms with van der Waals surface area (Å²) in [5.41, 5.74) is 2.50. The molecular formula is C33H49F2N3O3. The Labute approximate surface area is 244 Å². The van der Waals surface area contributed by atoms with Crippen LogP contribution in [0.5, 0.6) is 0 Å². The van der Waals surface area contributed by atoms with Crippen molar-refractivity contribution in [3.8, 4) is 0 Å². The molecule has 4 fully saturated rings. The Bertz CT molecular complexity index is 1050. The molecule has 3 aliphatic heterocycles. The highest BCUT2D eigenvalue weighted by molar-refractivity contribution is 5.97. The van der Waals surface area contributed by atoms with Gasteiger partial charge in [0, 0.05) is 82.5 Å². The van der Waals surface area contributed by atoms with E-state index in [0.29, 0.717) is 32.0 Å². The van der Waals surface area contributed by atoms with E-state index in [0.717, 1.165) is 87.8 Å². The maximum atomic E-state index is 13.7. The van der Waals surface area contributed by atoms with Gasteiger partial charge in [0.2, 0.25) is 5.92 Å². The monoisotopic (exact) mass is 573 g/mol. The van der Waals surface area contributed by atoms with Gasteiger partial charge < -0.3 is 14.5 Å². The molecule has 0 radical (unpaired) electrons. The van der Waals surface area contributed by atoms with Gasteiger partial charge in [0.25, 0.3) is 5.91 Å². The van der Waals surface area contributed by atoms with Crippen LogP contribution < -0.4 is 0 Å². The van der Waals surface area contributed by atoms with Crippen LogP contribution in [0.4, 0.5) is 13.6 Å². The molecule has 1 aromatic rings. The standard InChI is InChI=1S/C33H49F2N3O3/c1-4-5-9-27-23-38(22-26-10-14-33(34,35)15-11-26)31(40)41-32(27)16-20-36(21-17-32)28-12-18-37(19-13-28)30(39)29-24(2)7-6-8-25(29)3/h6-8,26-28H,4-5,9-23H2,1-3H3. The number of piperidine rings is 2. The molecule has 1 aliphatic carbocycles. The number of likely N-dealkylation sites (tertiary alicyclic amines) is 2. The maximum Gasteiger partial charge on any atom is 0.410 e. The van der Waals surface area contributed by atoms with E-state index in [-0.39, 0.29) is 36.7 Å². The molecule has 3 heterocycles. The average molecular weight is 574 g/mol. The summed E-state index contributed by atoms with van der Waals surface area (Å²) in [6.45, 7) is 10.8. The predicted octanol–water partition coefficient (Wildman–Crippen LogP) is 6.83. The lowest BCUT2D eigenvalue weighted by Crippen LogP contribution is -2.61. The van der Waals surface area contributed by atoms with Gasteiger partial charge in [-0.1, -0.05) is 38.0 Å². The van der Waals surface area contributed by atoms with Crippen LogP contribution in [0.1, 0.15) is 99.0 Å². The number of carbonyl (C=O) groups excluding carboxylic acids is 2. The molecule has 1 aromatic carbocycles. The van der Waals surface area contributed by atoms with E-state index >= 15 is 0 Å². The first-order valence-electron chi connectivity index (χ1n) is 16.1. The van der Waals surface area contributed by atoms with Crippen LogP contribution in [0.15, 0.2) is 18.2 Å². The van der Waals surface area contributed by atoms with Gasteiger partial charge in [-0.3, -0.25) is 9.69 Å². The van der Waals surface area contributed by atoms with Crippen LogP contribution in [0, 0.1) is 25.7 Å². The topological polar surface area (TPSA) is 53.1 Å². The van der Waals surface area contributed by atoms with Crippen molar-refractivity contribution in [1.82, 2.24) is 14.7 Å². The van der Waals surface area contributed by atoms with E-state index < -0.39 is 11.5 Å². The van der Waals surface area contributed by atoms with Crippen LogP contribution in [-0.4, -0.2) is 83.5 Å². The van der Waals surface area contributed by atoms with E-state index in [4.69, 9.17) is 4.74 Å². The molecule has 2 amide bonds. The number of alkyl halides is 2. The van der Waals surface area contributed by atoms with Crippen LogP contribution in [-0.2, 0) is 4.74 Å². The fourth-order valence-corrected chi connectivity index (χ4v) is 7.90. The predicted molar refractivity (Wildman–Crippen MR) is 156 cm³/mol. The minimum atomic E-state index is -2.55. The number of rotatable bonds is 7. The van der Waals surface area contributed by atoms with Crippen LogP contribution >= 0.6 is 0 Å². The highest BCUT2D eigenvalue weighted by Gasteiger charge is 2.50. The van der Waals surface area contributed by atoms with Gasteiger partial charge in [-0.05, 0) is 63.0 Å². The Morgan fingerprint density at radius 3 is 2.22 bits per heavy atom. The number of benzene rings is 1. The second kappa shape index (κ2) is 12.6. The van der Waals surface area contributed by atoms with E-state index in [9.17, 15) is 18.4 Å². The zero-order valence-corrected chi connectivity index (χ0v) is 25.3. The zero-order chi connectivity index (χ0) is 29.2. The summed E-state index contributed by atoms with van der Waals surface area (Å²) < 4.78 is 33.7. The zero-order valence-electron chi connectivity index (χ0n) is 25.3. The Morgan fingerprint density at radius 1 is 0.976 bits per heavy atom. The van der Waals surface area contributed by atoms with E-state index in [1.165, 1.54) is 0 Å². The summed E-state index contributed by atoms with van der Waals surface area (Å²) in [6, 6.07) is 6.48. The second-order valence-corrected chi connectivity index (χ2v) is 13.3. The molecule has 0 N–H and O–H groups in total. The molecule has 0 bridgehead atoms. The number of unbranched alkanes of at least 4 members (excludes halogenated alkanes) is 1. The average Bonchev–Trinajstić information content (AvgIpc) is 2.95. The number of hydrogen-bond acceptors (Lipinski definition) is 4. The number of hydrogen-bond donors (Lipinski definition) is 0. The Morgan fingerprint density at radius 2 is 1.61 bits per heavy atom. The Balaban J connectivity index is 1.15. The molecule has 41 heavy (non-hydrogen) atoms. The number of carbonyl (C=O) groups is 2. The van der Waals surface area contributed by atoms with Crippen molar-refractivity contribution in [3.63, 3.8) is 0 Å². The normalized spacial score (nSPS) is 25.9. The van der Waals surface area contributed by atoms with Gasteiger partial charge in [0.15, 0.2) is 0 Å². The van der Waals surface area contributed by atoms with Crippen molar-refractivity contribution in [2.24, 2.45) is 11.8 Å². The first-order valence-corrected chi connectivity index (χ1v) is 16.1. The highest BCUT2D eigenvalue weighted by Crippen LogP contribution is 2.43. The van der Waals surface area contributed by atoms with E-state index in [1.807, 2.05) is 41.8 Å². The number of nitrogens with zero attached hydrogens (tertiary/aromatic N) is 3. The molecule has 8 heteroatoms. The van der Waals surface area contributed by atoms with Gasteiger partial charge in [-0.25, -0.2) is 13.6 Å². The van der Waals surface area contributed by atoms with Gasteiger partial charge in [0.1, 0.15) is 5.60 Å². The van der Waals surface area contributed by atoms with Crippen LogP contribution in [0.3, 0.4) is 0 Å². The Hall–Kier alpha value is -2.22. The SMILES string of the molecule is CCCCC1CN(CC2CCC(F)(F)CC2)C(=O)OC12CCN(C1CCN(C(=O)c3c(C)cccc3C)CC1)CC2. The quantitative estimate of drug-likeness (QED) is 0.359. The molecule has 228 valence electrons. The van der Waals surface area contributed by atoms with Crippen molar-refractivity contribution in [1.29, 1.82) is 0 Å². The second-order valence-electron chi connectivity index (χ2n) is 13.3. The van der Waals surface area contributed by atoms with Gasteiger partial charge >= 0.3 is 6.09 Å². The number of halogens is 2. The highest BCUT2D eigenvalue weighted by atomic mass is 19.3. The van der Waals surface area contributed by atoms with Crippen LogP contribution in [0.25, 0.3) is 0 Å². The third-order valence-corrected chi connectivity index (χ3v) is 10.6. The number of amides is 2. The van der Waals surface area contributed by atoms with Crippen molar-refractivity contribution in [3.05, 3.63) is 34.9 Å². The molecule has 6 nitrogen and oxygen atoms in total. The fourth-order valence-electron chi connectivity index (χ4n) is 7.90. The third kappa shape index (κ3) is 6.73. The first-order chi connectivity index (χ1) is 19.6. The summed E-state index contributed by atoms with van der Waals surface area (Å²) >= 11 is 0. The molecule has 1 atom stereocenters. The lowest BCUT2D eigenvalue weighted by Gasteiger charge is -2.52. The molecular weight excluding hydrogens is 524 g/mol. The Kier molecular flexibility index (Phi) is 9.27. The fraction of sp³-hybridized carbons (Fsp3) is 0.758. The summed E-state index contributed by atoms with van der Waals surface area (Å²) in [4.78, 5) is 32.9. The summed E-state index contributed by atoms with van der Waals surface area (Å²) in [5, 5.41) is 0. The molecule has 1 unspecified atom stereocenters. The summed E-state index contributed by atoms with van der Waals surface area (Å²) in [7, 11) is 0. The minimum absolute atomic E-state index is 0.0712. The van der Waals surface area contributed by atoms with E-state index in [2.05, 4.69) is 11.8 Å². The number of aryl methyl sites for hydroxylation is 2. The van der Waals surface area contributed by atoms with Crippen molar-refractivity contribution < 1.29 is 23.1 Å². The molecule has 1 saturated carbocycles. The molecule has 0 aromatic heterocycles. The molecule has 3 saturated heterocycles. The van der Waals surface area contributed by atoms with E-state index in [1.54, 1.807) is 0 Å². The maximum absolute atomic E-state index is 13.7. The van der Waals surface area contributed by atoms with Crippen molar-refractivity contribution in [2.75, 3.05) is 39.3 Å². The smallest absolute Gasteiger partial charge is 0.410 e. The largest absolute Gasteiger partial charge is 0.442 e. The van der Waals surface area contributed by atoms with Crippen LogP contribution in [0.2, 0.25) is 0 Å². The third-order valence-electron chi connectivity index (χ3n) is 10.6. The van der Waals surface area contributed by atoms with Gasteiger partial charge in [0.05, 0.1) is 0 Å². The van der Waals surface area contributed by atoms with Crippen molar-refractivity contribution >= 4 is 12.0 Å². The summed E-state index contributed by atoms with van der Waals surface area (Å²) in [5.74, 6) is -1.98. The molecule has 1 spiro atoms. The molecule has 5 rings (SSSR count). The lowest BCUT2D eigenvalue weighted by molar-refractivity contribution is -0.128. The summed E-state index contributed by atoms with van der Waals surface area (Å²) in [6.07, 6.45) is 7.43. The van der Waals surface area contributed by atoms with Crippen molar-refractivity contribution in [2.45, 2.75) is 109 Å². The van der Waals surface area contributed by atoms with Gasteiger partial charge in [-0.2, -0.15) is 0 Å². The minimum Gasteiger partial charge on any atom is -0.442 e. The first kappa shape index (κ1) is 30.2. The number of ether oxygens (including phenoxy) is 1. The lowest BCUT2D eigenvalue weighted by atomic mass is 9.75. The molecule has 4 aliphatic rings.